The molecule has 0 bridgehead atoms. The van der Waals surface area contributed by atoms with Crippen molar-refractivity contribution >= 4 is 16.7 Å². The Morgan fingerprint density at radius 3 is 2.79 bits per heavy atom. The molecule has 1 aliphatic carbocycles. The highest BCUT2D eigenvalue weighted by Crippen LogP contribution is 2.49. The fraction of sp³-hybridized carbons (Fsp3) is 0.476. The molecule has 2 aromatic carbocycles. The Hall–Kier alpha value is -1.87. The molecule has 126 valence electrons. The Labute approximate surface area is 143 Å². The van der Waals surface area contributed by atoms with Crippen molar-refractivity contribution in [3.05, 3.63) is 48.0 Å². The van der Waals surface area contributed by atoms with Gasteiger partial charge in [-0.05, 0) is 54.4 Å². The molecule has 24 heavy (non-hydrogen) atoms. The molecule has 1 saturated carbocycles. The first kappa shape index (κ1) is 15.6. The minimum absolute atomic E-state index is 0.177. The Bertz CT molecular complexity index is 754. The summed E-state index contributed by atoms with van der Waals surface area (Å²) < 4.78 is 0. The van der Waals surface area contributed by atoms with Gasteiger partial charge in [-0.1, -0.05) is 42.5 Å². The van der Waals surface area contributed by atoms with Gasteiger partial charge in [-0.3, -0.25) is 4.79 Å². The monoisotopic (exact) mass is 322 g/mol. The molecule has 2 aromatic rings. The van der Waals surface area contributed by atoms with Crippen molar-refractivity contribution in [3.8, 4) is 0 Å². The van der Waals surface area contributed by atoms with Gasteiger partial charge in [0.2, 0.25) is 5.91 Å². The number of rotatable bonds is 3. The Morgan fingerprint density at radius 1 is 1.21 bits per heavy atom. The second kappa shape index (κ2) is 6.21. The lowest BCUT2D eigenvalue weighted by molar-refractivity contribution is -0.134. The highest BCUT2D eigenvalue weighted by molar-refractivity contribution is 5.86. The summed E-state index contributed by atoms with van der Waals surface area (Å²) in [5.74, 6) is 1.38. The van der Waals surface area contributed by atoms with Crippen molar-refractivity contribution in [2.75, 3.05) is 13.1 Å². The molecule has 1 aliphatic heterocycles. The molecule has 0 aromatic heterocycles. The Balaban J connectivity index is 1.45. The van der Waals surface area contributed by atoms with Gasteiger partial charge in [0.1, 0.15) is 0 Å². The number of piperidine rings is 1. The molecule has 0 radical (unpaired) electrons. The maximum atomic E-state index is 12.9. The molecule has 1 amide bonds. The third-order valence-electron chi connectivity index (χ3n) is 5.82. The van der Waals surface area contributed by atoms with Gasteiger partial charge in [-0.2, -0.15) is 0 Å². The SMILES string of the molecule is CC(N)C1CCCN(C(=O)C2CC2c2ccc3ccccc3c2)C1. The number of fused-ring (bicyclic) bond motifs is 1. The normalized spacial score (nSPS) is 27.9. The summed E-state index contributed by atoms with van der Waals surface area (Å²) in [5.41, 5.74) is 7.37. The van der Waals surface area contributed by atoms with Crippen LogP contribution in [0.3, 0.4) is 0 Å². The summed E-state index contributed by atoms with van der Waals surface area (Å²) in [6, 6.07) is 15.2. The third-order valence-corrected chi connectivity index (χ3v) is 5.82. The van der Waals surface area contributed by atoms with Crippen molar-refractivity contribution in [2.24, 2.45) is 17.6 Å². The van der Waals surface area contributed by atoms with Crippen molar-refractivity contribution in [2.45, 2.75) is 38.1 Å². The van der Waals surface area contributed by atoms with E-state index >= 15 is 0 Å². The lowest BCUT2D eigenvalue weighted by atomic mass is 9.92. The lowest BCUT2D eigenvalue weighted by Gasteiger charge is -2.34. The molecule has 4 unspecified atom stereocenters. The van der Waals surface area contributed by atoms with Crippen LogP contribution >= 0.6 is 0 Å². The number of hydrogen-bond donors (Lipinski definition) is 1. The minimum Gasteiger partial charge on any atom is -0.342 e. The first-order valence-corrected chi connectivity index (χ1v) is 9.16. The molecule has 1 saturated heterocycles. The second-order valence-corrected chi connectivity index (χ2v) is 7.60. The first-order chi connectivity index (χ1) is 11.6. The minimum atomic E-state index is 0.177. The summed E-state index contributed by atoms with van der Waals surface area (Å²) in [6.45, 7) is 3.81. The van der Waals surface area contributed by atoms with E-state index in [1.54, 1.807) is 0 Å². The van der Waals surface area contributed by atoms with Crippen LogP contribution in [0.4, 0.5) is 0 Å². The standard InChI is InChI=1S/C21H26N2O/c1-14(22)18-7-4-10-23(13-18)21(24)20-12-19(20)17-9-8-15-5-2-3-6-16(15)11-17/h2-3,5-6,8-9,11,14,18-20H,4,7,10,12-13,22H2,1H3. The fourth-order valence-corrected chi connectivity index (χ4v) is 4.15. The number of benzene rings is 2. The first-order valence-electron chi connectivity index (χ1n) is 9.16. The number of likely N-dealkylation sites (tertiary alicyclic amines) is 1. The fourth-order valence-electron chi connectivity index (χ4n) is 4.15. The summed E-state index contributed by atoms with van der Waals surface area (Å²) in [5, 5.41) is 2.53. The predicted octanol–water partition coefficient (Wildman–Crippen LogP) is 3.53. The van der Waals surface area contributed by atoms with E-state index < -0.39 is 0 Å². The maximum Gasteiger partial charge on any atom is 0.226 e. The zero-order chi connectivity index (χ0) is 16.7. The molecule has 0 spiro atoms. The third kappa shape index (κ3) is 2.93. The van der Waals surface area contributed by atoms with E-state index in [9.17, 15) is 4.79 Å². The summed E-state index contributed by atoms with van der Waals surface area (Å²) in [4.78, 5) is 14.9. The quantitative estimate of drug-likeness (QED) is 0.939. The highest BCUT2D eigenvalue weighted by atomic mass is 16.2. The van der Waals surface area contributed by atoms with Crippen molar-refractivity contribution < 1.29 is 4.79 Å². The van der Waals surface area contributed by atoms with Crippen LogP contribution in [-0.2, 0) is 4.79 Å². The van der Waals surface area contributed by atoms with Crippen LogP contribution in [0.25, 0.3) is 10.8 Å². The van der Waals surface area contributed by atoms with E-state index in [2.05, 4.69) is 54.3 Å². The smallest absolute Gasteiger partial charge is 0.226 e. The predicted molar refractivity (Wildman–Crippen MR) is 97.7 cm³/mol. The Morgan fingerprint density at radius 2 is 2.00 bits per heavy atom. The zero-order valence-corrected chi connectivity index (χ0v) is 14.3. The lowest BCUT2D eigenvalue weighted by Crippen LogP contribution is -2.45. The van der Waals surface area contributed by atoms with Crippen LogP contribution in [-0.4, -0.2) is 29.9 Å². The number of nitrogens with zero attached hydrogens (tertiary/aromatic N) is 1. The van der Waals surface area contributed by atoms with Crippen molar-refractivity contribution in [3.63, 3.8) is 0 Å². The van der Waals surface area contributed by atoms with E-state index in [0.29, 0.717) is 17.7 Å². The maximum absolute atomic E-state index is 12.9. The summed E-state index contributed by atoms with van der Waals surface area (Å²) in [7, 11) is 0. The van der Waals surface area contributed by atoms with E-state index in [1.807, 2.05) is 0 Å². The average Bonchev–Trinajstić information content (AvgIpc) is 3.41. The van der Waals surface area contributed by atoms with Crippen LogP contribution in [0.2, 0.25) is 0 Å². The van der Waals surface area contributed by atoms with Crippen LogP contribution < -0.4 is 5.73 Å². The van der Waals surface area contributed by atoms with Gasteiger partial charge in [0.25, 0.3) is 0 Å². The molecule has 3 heteroatoms. The molecule has 1 heterocycles. The average molecular weight is 322 g/mol. The Kier molecular flexibility index (Phi) is 4.05. The number of nitrogens with two attached hydrogens (primary N) is 1. The largest absolute Gasteiger partial charge is 0.342 e. The number of amides is 1. The molecule has 4 rings (SSSR count). The number of carbonyl (C=O) groups is 1. The topological polar surface area (TPSA) is 46.3 Å². The molecule has 2 aliphatic rings. The van der Waals surface area contributed by atoms with Crippen molar-refractivity contribution in [1.29, 1.82) is 0 Å². The van der Waals surface area contributed by atoms with Crippen LogP contribution in [0.1, 0.15) is 37.7 Å². The molecule has 4 atom stereocenters. The van der Waals surface area contributed by atoms with Crippen LogP contribution in [0, 0.1) is 11.8 Å². The van der Waals surface area contributed by atoms with E-state index in [-0.39, 0.29) is 12.0 Å². The van der Waals surface area contributed by atoms with Gasteiger partial charge in [-0.25, -0.2) is 0 Å². The van der Waals surface area contributed by atoms with E-state index in [1.165, 1.54) is 16.3 Å². The summed E-state index contributed by atoms with van der Waals surface area (Å²) in [6.07, 6.45) is 3.24. The molecule has 2 fully saturated rings. The molecular formula is C21H26N2O. The van der Waals surface area contributed by atoms with Crippen LogP contribution in [0.5, 0.6) is 0 Å². The zero-order valence-electron chi connectivity index (χ0n) is 14.3. The van der Waals surface area contributed by atoms with Gasteiger partial charge in [0, 0.05) is 25.0 Å². The second-order valence-electron chi connectivity index (χ2n) is 7.60. The van der Waals surface area contributed by atoms with Gasteiger partial charge < -0.3 is 10.6 Å². The molecule has 2 N–H and O–H groups in total. The molecular weight excluding hydrogens is 296 g/mol. The van der Waals surface area contributed by atoms with Crippen molar-refractivity contribution in [1.82, 2.24) is 4.90 Å². The van der Waals surface area contributed by atoms with E-state index in [0.717, 1.165) is 32.4 Å². The van der Waals surface area contributed by atoms with Gasteiger partial charge >= 0.3 is 0 Å². The van der Waals surface area contributed by atoms with Crippen LogP contribution in [0.15, 0.2) is 42.5 Å². The summed E-state index contributed by atoms with van der Waals surface area (Å²) >= 11 is 0. The van der Waals surface area contributed by atoms with E-state index in [4.69, 9.17) is 5.73 Å². The number of carbonyl (C=O) groups excluding carboxylic acids is 1. The molecule has 3 nitrogen and oxygen atoms in total. The number of hydrogen-bond acceptors (Lipinski definition) is 2. The van der Waals surface area contributed by atoms with Gasteiger partial charge in [-0.15, -0.1) is 0 Å². The van der Waals surface area contributed by atoms with Gasteiger partial charge in [0.15, 0.2) is 0 Å². The highest BCUT2D eigenvalue weighted by Gasteiger charge is 2.46. The van der Waals surface area contributed by atoms with Gasteiger partial charge in [0.05, 0.1) is 0 Å².